The van der Waals surface area contributed by atoms with E-state index in [0.29, 0.717) is 37.8 Å². The monoisotopic (exact) mass is 326 g/mol. The van der Waals surface area contributed by atoms with E-state index in [-0.39, 0.29) is 6.04 Å². The molecule has 2 heterocycles. The molecule has 3 aliphatic rings. The van der Waals surface area contributed by atoms with Gasteiger partial charge in [-0.25, -0.2) is 0 Å². The molecule has 2 saturated heterocycles. The van der Waals surface area contributed by atoms with Crippen molar-refractivity contribution in [3.05, 3.63) is 0 Å². The maximum atomic E-state index is 11.3. The summed E-state index contributed by atoms with van der Waals surface area (Å²) in [5.74, 6) is -1.23. The molecule has 0 spiro atoms. The molecule has 7 nitrogen and oxygen atoms in total. The van der Waals surface area contributed by atoms with Crippen LogP contribution in [0.3, 0.4) is 0 Å². The number of rotatable bonds is 3. The Morgan fingerprint density at radius 2 is 1.74 bits per heavy atom. The van der Waals surface area contributed by atoms with Crippen molar-refractivity contribution >= 4 is 11.9 Å². The number of aliphatic hydroxyl groups excluding tert-OH is 1. The quantitative estimate of drug-likeness (QED) is 0.577. The number of hydrogen-bond donors (Lipinski definition) is 4. The topological polar surface area (TPSA) is 110 Å². The van der Waals surface area contributed by atoms with Crippen LogP contribution < -0.4 is 5.32 Å². The second kappa shape index (κ2) is 6.75. The Balaban J connectivity index is 1.63. The van der Waals surface area contributed by atoms with Gasteiger partial charge >= 0.3 is 11.9 Å². The van der Waals surface area contributed by atoms with Gasteiger partial charge in [-0.05, 0) is 50.5 Å². The van der Waals surface area contributed by atoms with E-state index < -0.39 is 30.0 Å². The molecule has 0 aromatic rings. The zero-order chi connectivity index (χ0) is 16.6. The van der Waals surface area contributed by atoms with Gasteiger partial charge in [0.2, 0.25) is 0 Å². The van der Waals surface area contributed by atoms with Gasteiger partial charge in [0.05, 0.1) is 12.0 Å². The average molecular weight is 326 g/mol. The zero-order valence-corrected chi connectivity index (χ0v) is 13.2. The zero-order valence-electron chi connectivity index (χ0n) is 13.2. The van der Waals surface area contributed by atoms with Crippen LogP contribution >= 0.6 is 0 Å². The van der Waals surface area contributed by atoms with Gasteiger partial charge in [0.25, 0.3) is 0 Å². The molecule has 7 heteroatoms. The lowest BCUT2D eigenvalue weighted by atomic mass is 9.71. The number of fused-ring (bicyclic) bond motifs is 1. The highest BCUT2D eigenvalue weighted by molar-refractivity contribution is 5.73. The van der Waals surface area contributed by atoms with Gasteiger partial charge in [-0.1, -0.05) is 0 Å². The van der Waals surface area contributed by atoms with Crippen molar-refractivity contribution < 1.29 is 24.9 Å². The number of carboxylic acid groups (broad SMARTS) is 2. The smallest absolute Gasteiger partial charge is 0.320 e. The summed E-state index contributed by atoms with van der Waals surface area (Å²) in [5, 5.41) is 31.5. The summed E-state index contributed by atoms with van der Waals surface area (Å²) in [6.07, 6.45) is 3.35. The predicted molar refractivity (Wildman–Crippen MR) is 82.0 cm³/mol. The molecule has 6 atom stereocenters. The van der Waals surface area contributed by atoms with Gasteiger partial charge in [-0.3, -0.25) is 14.5 Å². The van der Waals surface area contributed by atoms with E-state index in [9.17, 15) is 24.9 Å². The molecule has 0 aromatic carbocycles. The molecule has 1 saturated carbocycles. The molecule has 0 radical (unpaired) electrons. The fourth-order valence-corrected chi connectivity index (χ4v) is 4.64. The Bertz CT molecular complexity index is 471. The minimum atomic E-state index is -0.838. The van der Waals surface area contributed by atoms with Gasteiger partial charge < -0.3 is 20.6 Å². The molecule has 23 heavy (non-hydrogen) atoms. The van der Waals surface area contributed by atoms with Crippen molar-refractivity contribution in [2.75, 3.05) is 19.6 Å². The van der Waals surface area contributed by atoms with Crippen LogP contribution in [-0.4, -0.2) is 70.0 Å². The number of carboxylic acids is 2. The summed E-state index contributed by atoms with van der Waals surface area (Å²) < 4.78 is 0. The number of aliphatic carboxylic acids is 2. The second-order valence-electron chi connectivity index (χ2n) is 7.40. The van der Waals surface area contributed by atoms with E-state index in [2.05, 4.69) is 10.2 Å². The number of β-amino-alcohol motifs (C(OH)–C–C–N with tert-alkyl or cyclic N) is 1. The van der Waals surface area contributed by atoms with Gasteiger partial charge in [-0.15, -0.1) is 0 Å². The summed E-state index contributed by atoms with van der Waals surface area (Å²) >= 11 is 0. The van der Waals surface area contributed by atoms with E-state index in [0.717, 1.165) is 25.8 Å². The maximum absolute atomic E-state index is 11.3. The first kappa shape index (κ1) is 16.7. The Hall–Kier alpha value is -1.18. The average Bonchev–Trinajstić information content (AvgIpc) is 2.53. The summed E-state index contributed by atoms with van der Waals surface area (Å²) in [5.41, 5.74) is 0. The molecule has 4 N–H and O–H groups in total. The highest BCUT2D eigenvalue weighted by Crippen LogP contribution is 2.38. The van der Waals surface area contributed by atoms with Crippen molar-refractivity contribution in [3.8, 4) is 0 Å². The predicted octanol–water partition coefficient (Wildman–Crippen LogP) is -0.0148. The first-order valence-corrected chi connectivity index (χ1v) is 8.55. The van der Waals surface area contributed by atoms with E-state index in [1.165, 1.54) is 0 Å². The molecule has 0 bridgehead atoms. The Kier molecular flexibility index (Phi) is 4.89. The van der Waals surface area contributed by atoms with Crippen LogP contribution in [0.1, 0.15) is 32.1 Å². The first-order chi connectivity index (χ1) is 10.9. The maximum Gasteiger partial charge on any atom is 0.320 e. The summed E-state index contributed by atoms with van der Waals surface area (Å²) in [6.45, 7) is 1.79. The molecule has 0 aromatic heterocycles. The SMILES string of the molecule is O=C(O)C1CC2CC(N3C[C@@H](O)C[C@@H](C(=O)O)C3)CCC2CN1. The lowest BCUT2D eigenvalue weighted by molar-refractivity contribution is -0.147. The fourth-order valence-electron chi connectivity index (χ4n) is 4.64. The normalized spacial score (nSPS) is 42.0. The molecule has 2 aliphatic heterocycles. The minimum absolute atomic E-state index is 0.264. The third kappa shape index (κ3) is 3.67. The van der Waals surface area contributed by atoms with E-state index >= 15 is 0 Å². The van der Waals surface area contributed by atoms with Crippen LogP contribution in [0.25, 0.3) is 0 Å². The largest absolute Gasteiger partial charge is 0.481 e. The number of piperidine rings is 2. The molecule has 3 rings (SSSR count). The highest BCUT2D eigenvalue weighted by Gasteiger charge is 2.41. The highest BCUT2D eigenvalue weighted by atomic mass is 16.4. The van der Waals surface area contributed by atoms with Crippen LogP contribution in [0, 0.1) is 17.8 Å². The number of hydrogen-bond acceptors (Lipinski definition) is 5. The van der Waals surface area contributed by atoms with Gasteiger partial charge in [0.15, 0.2) is 0 Å². The van der Waals surface area contributed by atoms with Crippen LogP contribution in [0.5, 0.6) is 0 Å². The van der Waals surface area contributed by atoms with E-state index in [1.54, 1.807) is 0 Å². The first-order valence-electron chi connectivity index (χ1n) is 8.55. The van der Waals surface area contributed by atoms with Crippen molar-refractivity contribution in [2.45, 2.75) is 50.3 Å². The third-order valence-corrected chi connectivity index (χ3v) is 5.90. The van der Waals surface area contributed by atoms with E-state index in [1.807, 2.05) is 0 Å². The standard InChI is InChI=1S/C16H26N2O5/c19-13-4-11(15(20)21)7-18(8-13)12-2-1-9-6-17-14(16(22)23)5-10(9)3-12/h9-14,17,19H,1-8H2,(H,20,21)(H,22,23)/t9?,10?,11-,12?,13+,14?/m1/s1. The Morgan fingerprint density at radius 3 is 2.43 bits per heavy atom. The molecular weight excluding hydrogens is 300 g/mol. The summed E-state index contributed by atoms with van der Waals surface area (Å²) in [4.78, 5) is 24.6. The van der Waals surface area contributed by atoms with Gasteiger partial charge in [0.1, 0.15) is 6.04 Å². The number of aliphatic hydroxyl groups is 1. The van der Waals surface area contributed by atoms with E-state index in [4.69, 9.17) is 0 Å². The molecule has 3 fully saturated rings. The lowest BCUT2D eigenvalue weighted by Gasteiger charge is -2.47. The van der Waals surface area contributed by atoms with Crippen molar-refractivity contribution in [1.29, 1.82) is 0 Å². The van der Waals surface area contributed by atoms with Crippen molar-refractivity contribution in [3.63, 3.8) is 0 Å². The molecular formula is C16H26N2O5. The molecule has 4 unspecified atom stereocenters. The number of nitrogens with zero attached hydrogens (tertiary/aromatic N) is 1. The molecule has 0 amide bonds. The van der Waals surface area contributed by atoms with Crippen molar-refractivity contribution in [2.24, 2.45) is 17.8 Å². The van der Waals surface area contributed by atoms with Crippen LogP contribution in [0.2, 0.25) is 0 Å². The summed E-state index contributed by atoms with van der Waals surface area (Å²) in [6, 6.07) is -0.200. The molecule has 130 valence electrons. The van der Waals surface area contributed by atoms with Crippen molar-refractivity contribution in [1.82, 2.24) is 10.2 Å². The second-order valence-corrected chi connectivity index (χ2v) is 7.40. The lowest BCUT2D eigenvalue weighted by Crippen LogP contribution is -2.55. The minimum Gasteiger partial charge on any atom is -0.481 e. The third-order valence-electron chi connectivity index (χ3n) is 5.90. The van der Waals surface area contributed by atoms with Crippen LogP contribution in [0.15, 0.2) is 0 Å². The number of likely N-dealkylation sites (tertiary alicyclic amines) is 1. The number of carbonyl (C=O) groups is 2. The van der Waals surface area contributed by atoms with Crippen LogP contribution in [0.4, 0.5) is 0 Å². The summed E-state index contributed by atoms with van der Waals surface area (Å²) in [7, 11) is 0. The molecule has 1 aliphatic carbocycles. The van der Waals surface area contributed by atoms with Gasteiger partial charge in [0, 0.05) is 19.1 Å². The Labute approximate surface area is 135 Å². The van der Waals surface area contributed by atoms with Crippen LogP contribution in [-0.2, 0) is 9.59 Å². The fraction of sp³-hybridized carbons (Fsp3) is 0.875. The number of nitrogens with one attached hydrogen (secondary N) is 1. The van der Waals surface area contributed by atoms with Gasteiger partial charge in [-0.2, -0.15) is 0 Å². The Morgan fingerprint density at radius 1 is 0.957 bits per heavy atom.